The highest BCUT2D eigenvalue weighted by Crippen LogP contribution is 2.10. The topological polar surface area (TPSA) is 46.2 Å². The average molecular weight is 268 g/mol. The number of carbonyl (C=O) groups is 2. The Kier molecular flexibility index (Phi) is 5.86. The minimum atomic E-state index is -0.106. The molecule has 0 aliphatic rings. The van der Waals surface area contributed by atoms with Gasteiger partial charge in [0.25, 0.3) is 0 Å². The van der Waals surface area contributed by atoms with Crippen molar-refractivity contribution >= 4 is 23.3 Å². The molecule has 1 aromatic carbocycles. The lowest BCUT2D eigenvalue weighted by Gasteiger charge is -2.12. The van der Waals surface area contributed by atoms with Crippen molar-refractivity contribution in [3.63, 3.8) is 0 Å². The molecular formula is C14H18ClNO2. The maximum Gasteiger partial charge on any atom is 0.223 e. The van der Waals surface area contributed by atoms with E-state index in [4.69, 9.17) is 11.6 Å². The van der Waals surface area contributed by atoms with Gasteiger partial charge in [0.05, 0.1) is 6.54 Å². The van der Waals surface area contributed by atoms with Gasteiger partial charge in [0.2, 0.25) is 5.91 Å². The van der Waals surface area contributed by atoms with Crippen LogP contribution in [0.5, 0.6) is 0 Å². The summed E-state index contributed by atoms with van der Waals surface area (Å²) in [5.41, 5.74) is 0.559. The van der Waals surface area contributed by atoms with Crippen molar-refractivity contribution in [3.8, 4) is 0 Å². The number of hydrogen-bond donors (Lipinski definition) is 1. The molecule has 18 heavy (non-hydrogen) atoms. The van der Waals surface area contributed by atoms with Crippen LogP contribution in [0.15, 0.2) is 24.3 Å². The maximum absolute atomic E-state index is 11.8. The van der Waals surface area contributed by atoms with Crippen molar-refractivity contribution in [2.75, 3.05) is 6.54 Å². The molecule has 98 valence electrons. The first-order valence-corrected chi connectivity index (χ1v) is 6.52. The molecule has 0 aliphatic carbocycles. The van der Waals surface area contributed by atoms with Crippen molar-refractivity contribution < 1.29 is 9.59 Å². The largest absolute Gasteiger partial charge is 0.348 e. The summed E-state index contributed by atoms with van der Waals surface area (Å²) < 4.78 is 0. The number of rotatable bonds is 6. The number of benzene rings is 1. The van der Waals surface area contributed by atoms with Crippen molar-refractivity contribution in [2.45, 2.75) is 26.7 Å². The summed E-state index contributed by atoms with van der Waals surface area (Å²) in [6, 6.07) is 6.65. The summed E-state index contributed by atoms with van der Waals surface area (Å²) in [5.74, 6) is -0.170. The summed E-state index contributed by atoms with van der Waals surface area (Å²) in [6.45, 7) is 3.97. The zero-order valence-electron chi connectivity index (χ0n) is 10.7. The zero-order chi connectivity index (χ0) is 13.5. The minimum absolute atomic E-state index is 0.0111. The third-order valence-electron chi connectivity index (χ3n) is 2.95. The van der Waals surface area contributed by atoms with Gasteiger partial charge < -0.3 is 5.32 Å². The number of carbonyl (C=O) groups excluding carboxylic acids is 2. The van der Waals surface area contributed by atoms with Crippen molar-refractivity contribution in [1.82, 2.24) is 5.32 Å². The van der Waals surface area contributed by atoms with Crippen LogP contribution in [0.2, 0.25) is 5.02 Å². The van der Waals surface area contributed by atoms with E-state index in [0.29, 0.717) is 10.6 Å². The Labute approximate surface area is 113 Å². The smallest absolute Gasteiger partial charge is 0.223 e. The van der Waals surface area contributed by atoms with Gasteiger partial charge in [-0.2, -0.15) is 0 Å². The van der Waals surface area contributed by atoms with Crippen LogP contribution in [-0.4, -0.2) is 18.2 Å². The van der Waals surface area contributed by atoms with Crippen LogP contribution >= 0.6 is 11.6 Å². The molecule has 1 N–H and O–H groups in total. The molecule has 0 unspecified atom stereocenters. The molecule has 0 bridgehead atoms. The van der Waals surface area contributed by atoms with Gasteiger partial charge in [-0.3, -0.25) is 9.59 Å². The molecule has 3 nitrogen and oxygen atoms in total. The Hall–Kier alpha value is -1.35. The summed E-state index contributed by atoms with van der Waals surface area (Å²) in [4.78, 5) is 23.5. The van der Waals surface area contributed by atoms with Gasteiger partial charge >= 0.3 is 0 Å². The van der Waals surface area contributed by atoms with E-state index in [1.54, 1.807) is 24.3 Å². The fraction of sp³-hybridized carbons (Fsp3) is 0.429. The van der Waals surface area contributed by atoms with Gasteiger partial charge in [-0.1, -0.05) is 25.4 Å². The maximum atomic E-state index is 11.8. The van der Waals surface area contributed by atoms with E-state index in [2.05, 4.69) is 5.32 Å². The predicted molar refractivity (Wildman–Crippen MR) is 72.9 cm³/mol. The van der Waals surface area contributed by atoms with E-state index in [1.807, 2.05) is 13.8 Å². The van der Waals surface area contributed by atoms with E-state index < -0.39 is 0 Å². The van der Waals surface area contributed by atoms with Crippen molar-refractivity contribution in [3.05, 3.63) is 34.9 Å². The van der Waals surface area contributed by atoms with Crippen LogP contribution < -0.4 is 5.32 Å². The van der Waals surface area contributed by atoms with E-state index >= 15 is 0 Å². The molecule has 0 radical (unpaired) electrons. The Morgan fingerprint density at radius 3 is 2.22 bits per heavy atom. The molecular weight excluding hydrogens is 250 g/mol. The van der Waals surface area contributed by atoms with E-state index in [9.17, 15) is 9.59 Å². The molecule has 1 aromatic rings. The normalized spacial score (nSPS) is 10.4. The summed E-state index contributed by atoms with van der Waals surface area (Å²) in [6.07, 6.45) is 1.58. The fourth-order valence-corrected chi connectivity index (χ4v) is 1.84. The Morgan fingerprint density at radius 2 is 1.72 bits per heavy atom. The second-order valence-electron chi connectivity index (χ2n) is 4.16. The highest BCUT2D eigenvalue weighted by Gasteiger charge is 2.15. The van der Waals surface area contributed by atoms with E-state index in [0.717, 1.165) is 12.8 Å². The van der Waals surface area contributed by atoms with Crippen LogP contribution in [0.25, 0.3) is 0 Å². The Balaban J connectivity index is 2.51. The van der Waals surface area contributed by atoms with Crippen LogP contribution in [-0.2, 0) is 4.79 Å². The molecule has 0 aliphatic heterocycles. The number of Topliss-reactive ketones (excluding diaryl/α,β-unsaturated/α-hetero) is 1. The molecule has 0 atom stereocenters. The van der Waals surface area contributed by atoms with Gasteiger partial charge in [-0.15, -0.1) is 0 Å². The van der Waals surface area contributed by atoms with E-state index in [1.165, 1.54) is 0 Å². The standard InChI is InChI=1S/C14H18ClNO2/c1-3-10(4-2)14(18)16-9-13(17)11-5-7-12(15)8-6-11/h5-8,10H,3-4,9H2,1-2H3,(H,16,18). The summed E-state index contributed by atoms with van der Waals surface area (Å²) in [7, 11) is 0. The summed E-state index contributed by atoms with van der Waals surface area (Å²) in [5, 5.41) is 3.27. The first-order valence-electron chi connectivity index (χ1n) is 6.15. The zero-order valence-corrected chi connectivity index (χ0v) is 11.5. The van der Waals surface area contributed by atoms with Crippen molar-refractivity contribution in [1.29, 1.82) is 0 Å². The van der Waals surface area contributed by atoms with Gasteiger partial charge in [0.1, 0.15) is 0 Å². The lowest BCUT2D eigenvalue weighted by Crippen LogP contribution is -2.34. The third-order valence-corrected chi connectivity index (χ3v) is 3.20. The molecule has 0 heterocycles. The SMILES string of the molecule is CCC(CC)C(=O)NCC(=O)c1ccc(Cl)cc1. The first-order chi connectivity index (χ1) is 8.58. The number of hydrogen-bond acceptors (Lipinski definition) is 2. The molecule has 1 amide bonds. The summed E-state index contributed by atoms with van der Waals surface area (Å²) >= 11 is 5.74. The minimum Gasteiger partial charge on any atom is -0.348 e. The Morgan fingerprint density at radius 1 is 1.17 bits per heavy atom. The molecule has 0 saturated carbocycles. The lowest BCUT2D eigenvalue weighted by molar-refractivity contribution is -0.125. The van der Waals surface area contributed by atoms with Gasteiger partial charge in [-0.25, -0.2) is 0 Å². The fourth-order valence-electron chi connectivity index (χ4n) is 1.71. The molecule has 0 spiro atoms. The van der Waals surface area contributed by atoms with Gasteiger partial charge in [-0.05, 0) is 37.1 Å². The molecule has 0 fully saturated rings. The lowest BCUT2D eigenvalue weighted by atomic mass is 10.0. The second-order valence-corrected chi connectivity index (χ2v) is 4.60. The molecule has 1 rings (SSSR count). The van der Waals surface area contributed by atoms with Gasteiger partial charge in [0.15, 0.2) is 5.78 Å². The molecule has 4 heteroatoms. The quantitative estimate of drug-likeness (QED) is 0.805. The van der Waals surface area contributed by atoms with E-state index in [-0.39, 0.29) is 24.2 Å². The first kappa shape index (κ1) is 14.7. The number of amides is 1. The van der Waals surface area contributed by atoms with Crippen LogP contribution in [0.4, 0.5) is 0 Å². The predicted octanol–water partition coefficient (Wildman–Crippen LogP) is 3.08. The van der Waals surface area contributed by atoms with Crippen LogP contribution in [0.1, 0.15) is 37.0 Å². The van der Waals surface area contributed by atoms with Crippen LogP contribution in [0, 0.1) is 5.92 Å². The molecule has 0 saturated heterocycles. The highest BCUT2D eigenvalue weighted by molar-refractivity contribution is 6.30. The monoisotopic (exact) mass is 267 g/mol. The average Bonchev–Trinajstić information content (AvgIpc) is 2.38. The second kappa shape index (κ2) is 7.17. The number of nitrogens with one attached hydrogen (secondary N) is 1. The highest BCUT2D eigenvalue weighted by atomic mass is 35.5. The Bertz CT molecular complexity index is 410. The number of halogens is 1. The number of ketones is 1. The van der Waals surface area contributed by atoms with Gasteiger partial charge in [0, 0.05) is 16.5 Å². The third kappa shape index (κ3) is 4.15. The van der Waals surface area contributed by atoms with Crippen LogP contribution in [0.3, 0.4) is 0 Å². The van der Waals surface area contributed by atoms with Crippen molar-refractivity contribution in [2.24, 2.45) is 5.92 Å². The molecule has 0 aromatic heterocycles.